The minimum absolute atomic E-state index is 0.504. The Bertz CT molecular complexity index is 1250. The minimum Gasteiger partial charge on any atom is -0.373 e. The third-order valence-corrected chi connectivity index (χ3v) is 5.66. The van der Waals surface area contributed by atoms with Crippen molar-refractivity contribution in [1.82, 2.24) is 0 Å². The van der Waals surface area contributed by atoms with Crippen LogP contribution in [0.1, 0.15) is 0 Å². The van der Waals surface area contributed by atoms with E-state index in [1.807, 2.05) is 0 Å². The highest BCUT2D eigenvalue weighted by atomic mass is 19.2. The SMILES string of the molecule is CN(C)c1c(F)c(F)c(N(c2c(F)c(F)c(N(C)C)c(F)c2F)c2c(F)c(F)c(N(C)C)c(F)c2F)c(F)c1F. The molecule has 4 nitrogen and oxygen atoms in total. The molecule has 0 saturated carbocycles. The van der Waals surface area contributed by atoms with Crippen molar-refractivity contribution in [3.63, 3.8) is 0 Å². The standard InChI is InChI=1S/C24H18F12N4/c1-37(2)19-7(25)13(31)22(14(32)8(19)26)40(23-15(33)9(27)20(38(3)4)10(28)16(23)34)24-17(35)11(29)21(39(5)6)12(30)18(24)36/h1-6H3. The van der Waals surface area contributed by atoms with Gasteiger partial charge in [0.15, 0.2) is 69.8 Å². The summed E-state index contributed by atoms with van der Waals surface area (Å²) in [5.74, 6) is -29.4. The average Bonchev–Trinajstić information content (AvgIpc) is 2.85. The molecule has 3 aromatic rings. The summed E-state index contributed by atoms with van der Waals surface area (Å²) in [7, 11) is 5.45. The Kier molecular flexibility index (Phi) is 8.05. The lowest BCUT2D eigenvalue weighted by atomic mass is 10.1. The van der Waals surface area contributed by atoms with E-state index in [0.717, 1.165) is 42.3 Å². The van der Waals surface area contributed by atoms with Gasteiger partial charge in [0.05, 0.1) is 0 Å². The van der Waals surface area contributed by atoms with Gasteiger partial charge in [-0.3, -0.25) is 4.90 Å². The second kappa shape index (κ2) is 10.5. The number of benzene rings is 3. The van der Waals surface area contributed by atoms with E-state index in [0.29, 0.717) is 14.7 Å². The van der Waals surface area contributed by atoms with Gasteiger partial charge in [0, 0.05) is 42.3 Å². The van der Waals surface area contributed by atoms with Crippen LogP contribution in [0.3, 0.4) is 0 Å². The van der Waals surface area contributed by atoms with Gasteiger partial charge in [0.1, 0.15) is 34.1 Å². The Hall–Kier alpha value is -3.98. The zero-order valence-electron chi connectivity index (χ0n) is 21.3. The normalized spacial score (nSPS) is 11.2. The molecule has 0 aromatic heterocycles. The second-order valence-electron chi connectivity index (χ2n) is 8.88. The molecule has 0 saturated heterocycles. The Morgan fingerprint density at radius 2 is 0.375 bits per heavy atom. The third kappa shape index (κ3) is 4.38. The quantitative estimate of drug-likeness (QED) is 0.226. The molecule has 0 amide bonds. The number of anilines is 6. The largest absolute Gasteiger partial charge is 0.373 e. The van der Waals surface area contributed by atoms with Gasteiger partial charge in [0.2, 0.25) is 0 Å². The first kappa shape index (κ1) is 30.6. The van der Waals surface area contributed by atoms with Gasteiger partial charge in [0.25, 0.3) is 0 Å². The maximum absolute atomic E-state index is 15.3. The Morgan fingerprint density at radius 3 is 0.500 bits per heavy atom. The van der Waals surface area contributed by atoms with Crippen molar-refractivity contribution in [2.75, 3.05) is 61.9 Å². The van der Waals surface area contributed by atoms with E-state index in [-0.39, 0.29) is 0 Å². The van der Waals surface area contributed by atoms with E-state index in [1.54, 1.807) is 0 Å². The first-order chi connectivity index (χ1) is 18.4. The summed E-state index contributed by atoms with van der Waals surface area (Å²) in [4.78, 5) is 0.458. The van der Waals surface area contributed by atoms with Crippen LogP contribution in [0.15, 0.2) is 0 Å². The minimum atomic E-state index is -2.60. The van der Waals surface area contributed by atoms with Crippen LogP contribution in [0.25, 0.3) is 0 Å². The van der Waals surface area contributed by atoms with E-state index < -0.39 is 109 Å². The first-order valence-electron chi connectivity index (χ1n) is 10.8. The van der Waals surface area contributed by atoms with E-state index >= 15 is 26.3 Å². The molecule has 16 heteroatoms. The summed E-state index contributed by atoms with van der Waals surface area (Å²) in [6, 6.07) is 0. The molecule has 3 aromatic carbocycles. The highest BCUT2D eigenvalue weighted by molar-refractivity contribution is 5.82. The maximum atomic E-state index is 15.3. The molecule has 0 aliphatic heterocycles. The molecule has 40 heavy (non-hydrogen) atoms. The van der Waals surface area contributed by atoms with E-state index in [1.165, 1.54) is 0 Å². The zero-order valence-corrected chi connectivity index (χ0v) is 21.3. The smallest absolute Gasteiger partial charge is 0.188 e. The summed E-state index contributed by atoms with van der Waals surface area (Å²) in [6.07, 6.45) is 0. The number of nitrogens with zero attached hydrogens (tertiary/aromatic N) is 4. The number of halogens is 12. The van der Waals surface area contributed by atoms with Gasteiger partial charge < -0.3 is 14.7 Å². The highest BCUT2D eigenvalue weighted by Crippen LogP contribution is 2.49. The van der Waals surface area contributed by atoms with Crippen LogP contribution in [0, 0.1) is 69.8 Å². The van der Waals surface area contributed by atoms with Crippen molar-refractivity contribution in [2.45, 2.75) is 0 Å². The topological polar surface area (TPSA) is 13.0 Å². The van der Waals surface area contributed by atoms with Crippen molar-refractivity contribution >= 4 is 34.1 Å². The molecule has 0 spiro atoms. The fraction of sp³-hybridized carbons (Fsp3) is 0.250. The predicted octanol–water partition coefficient (Wildman–Crippen LogP) is 7.02. The lowest BCUT2D eigenvalue weighted by Crippen LogP contribution is -2.26. The van der Waals surface area contributed by atoms with Crippen LogP contribution in [-0.4, -0.2) is 42.3 Å². The highest BCUT2D eigenvalue weighted by Gasteiger charge is 2.41. The average molecular weight is 590 g/mol. The Morgan fingerprint density at radius 1 is 0.250 bits per heavy atom. The van der Waals surface area contributed by atoms with Gasteiger partial charge in [-0.15, -0.1) is 0 Å². The number of hydrogen-bond acceptors (Lipinski definition) is 4. The molecular weight excluding hydrogens is 572 g/mol. The van der Waals surface area contributed by atoms with Gasteiger partial charge >= 0.3 is 0 Å². The van der Waals surface area contributed by atoms with E-state index in [2.05, 4.69) is 0 Å². The molecule has 0 aliphatic rings. The lowest BCUT2D eigenvalue weighted by Gasteiger charge is -2.30. The number of hydrogen-bond donors (Lipinski definition) is 0. The van der Waals surface area contributed by atoms with Crippen LogP contribution in [0.2, 0.25) is 0 Å². The van der Waals surface area contributed by atoms with Gasteiger partial charge in [-0.25, -0.2) is 52.7 Å². The summed E-state index contributed by atoms with van der Waals surface area (Å²) in [6.45, 7) is 0. The van der Waals surface area contributed by atoms with Crippen LogP contribution in [0.5, 0.6) is 0 Å². The summed E-state index contributed by atoms with van der Waals surface area (Å²) in [5, 5.41) is 0. The molecular formula is C24H18F12N4. The zero-order chi connectivity index (χ0) is 30.7. The molecule has 3 rings (SSSR count). The monoisotopic (exact) mass is 590 g/mol. The van der Waals surface area contributed by atoms with Crippen molar-refractivity contribution in [3.05, 3.63) is 69.8 Å². The first-order valence-corrected chi connectivity index (χ1v) is 10.8. The van der Waals surface area contributed by atoms with Crippen LogP contribution in [-0.2, 0) is 0 Å². The lowest BCUT2D eigenvalue weighted by molar-refractivity contribution is 0.439. The summed E-state index contributed by atoms with van der Waals surface area (Å²) < 4.78 is 181. The summed E-state index contributed by atoms with van der Waals surface area (Å²) in [5.41, 5.74) is -11.5. The molecule has 0 fully saturated rings. The van der Waals surface area contributed by atoms with Gasteiger partial charge in [-0.2, -0.15) is 0 Å². The molecule has 0 heterocycles. The van der Waals surface area contributed by atoms with Crippen LogP contribution >= 0.6 is 0 Å². The maximum Gasteiger partial charge on any atom is 0.188 e. The van der Waals surface area contributed by atoms with E-state index in [4.69, 9.17) is 0 Å². The Labute approximate surface area is 219 Å². The molecule has 0 radical (unpaired) electrons. The van der Waals surface area contributed by atoms with E-state index in [9.17, 15) is 26.3 Å². The summed E-state index contributed by atoms with van der Waals surface area (Å²) >= 11 is 0. The van der Waals surface area contributed by atoms with Gasteiger partial charge in [-0.05, 0) is 0 Å². The van der Waals surface area contributed by atoms with Crippen molar-refractivity contribution in [2.24, 2.45) is 0 Å². The molecule has 0 unspecified atom stereocenters. The molecule has 0 N–H and O–H groups in total. The van der Waals surface area contributed by atoms with Crippen molar-refractivity contribution < 1.29 is 52.7 Å². The predicted molar refractivity (Wildman–Crippen MR) is 124 cm³/mol. The molecule has 0 aliphatic carbocycles. The van der Waals surface area contributed by atoms with Crippen LogP contribution < -0.4 is 19.6 Å². The van der Waals surface area contributed by atoms with Crippen LogP contribution in [0.4, 0.5) is 86.8 Å². The Balaban J connectivity index is 2.70. The fourth-order valence-corrected chi connectivity index (χ4v) is 3.93. The molecule has 218 valence electrons. The van der Waals surface area contributed by atoms with Gasteiger partial charge in [-0.1, -0.05) is 0 Å². The third-order valence-electron chi connectivity index (χ3n) is 5.66. The fourth-order valence-electron chi connectivity index (χ4n) is 3.93. The second-order valence-corrected chi connectivity index (χ2v) is 8.88. The number of rotatable bonds is 6. The van der Waals surface area contributed by atoms with Crippen molar-refractivity contribution in [1.29, 1.82) is 0 Å². The molecule has 0 bridgehead atoms. The van der Waals surface area contributed by atoms with Crippen molar-refractivity contribution in [3.8, 4) is 0 Å². The molecule has 0 atom stereocenters.